The van der Waals surface area contributed by atoms with Gasteiger partial charge in [0, 0.05) is 49.6 Å². The molecule has 2 amide bonds. The van der Waals surface area contributed by atoms with E-state index in [4.69, 9.17) is 23.2 Å². The molecule has 0 radical (unpaired) electrons. The van der Waals surface area contributed by atoms with Gasteiger partial charge in [-0.15, -0.1) is 0 Å². The maximum atomic E-state index is 14.4. The third kappa shape index (κ3) is 4.86. The molecule has 1 fully saturated rings. The van der Waals surface area contributed by atoms with Gasteiger partial charge < -0.3 is 4.90 Å². The molecule has 2 aromatic carbocycles. The van der Waals surface area contributed by atoms with Crippen LogP contribution in [0.3, 0.4) is 0 Å². The number of carbonyl (C=O) groups is 2. The van der Waals surface area contributed by atoms with Crippen LogP contribution in [0.4, 0.5) is 16.0 Å². The van der Waals surface area contributed by atoms with Crippen LogP contribution >= 0.6 is 39.1 Å². The van der Waals surface area contributed by atoms with E-state index >= 15 is 0 Å². The van der Waals surface area contributed by atoms with Crippen molar-refractivity contribution in [2.75, 3.05) is 31.1 Å². The number of hydrogen-bond donors (Lipinski definition) is 0. The Labute approximate surface area is 243 Å². The van der Waals surface area contributed by atoms with Gasteiger partial charge in [0.25, 0.3) is 15.9 Å². The molecule has 1 aromatic heterocycles. The Hall–Kier alpha value is -2.51. The summed E-state index contributed by atoms with van der Waals surface area (Å²) in [7, 11) is -4.13. The van der Waals surface area contributed by atoms with Gasteiger partial charge in [-0.1, -0.05) is 29.3 Å². The van der Waals surface area contributed by atoms with Crippen LogP contribution in [0.25, 0.3) is 0 Å². The van der Waals surface area contributed by atoms with Gasteiger partial charge in [-0.3, -0.25) is 14.2 Å². The number of aromatic nitrogens is 2. The average molecular weight is 659 g/mol. The fourth-order valence-electron chi connectivity index (χ4n) is 5.04. The van der Waals surface area contributed by atoms with Crippen LogP contribution in [-0.4, -0.2) is 65.2 Å². The zero-order valence-electron chi connectivity index (χ0n) is 20.9. The first kappa shape index (κ1) is 28.0. The van der Waals surface area contributed by atoms with E-state index in [-0.39, 0.29) is 64.0 Å². The van der Waals surface area contributed by atoms with Gasteiger partial charge in [0.15, 0.2) is 5.03 Å². The number of halogens is 4. The van der Waals surface area contributed by atoms with Crippen LogP contribution in [0.1, 0.15) is 19.4 Å². The Morgan fingerprint density at radius 1 is 1.10 bits per heavy atom. The topological polar surface area (TPSA) is 95.8 Å². The number of hydrogen-bond acceptors (Lipinski definition) is 5. The molecule has 2 aliphatic rings. The molecule has 0 N–H and O–H groups in total. The van der Waals surface area contributed by atoms with Gasteiger partial charge in [0.1, 0.15) is 11.4 Å². The molecule has 5 rings (SSSR count). The number of piperazine rings is 1. The van der Waals surface area contributed by atoms with Crippen LogP contribution < -0.4 is 4.90 Å². The predicted molar refractivity (Wildman–Crippen MR) is 148 cm³/mol. The van der Waals surface area contributed by atoms with E-state index in [1.54, 1.807) is 17.9 Å². The van der Waals surface area contributed by atoms with Crippen molar-refractivity contribution in [3.63, 3.8) is 0 Å². The molecule has 3 heterocycles. The van der Waals surface area contributed by atoms with Crippen molar-refractivity contribution in [1.29, 1.82) is 0 Å². The van der Waals surface area contributed by atoms with Crippen molar-refractivity contribution in [2.24, 2.45) is 0 Å². The molecule has 0 unspecified atom stereocenters. The smallest absolute Gasteiger partial charge is 0.260 e. The first-order valence-electron chi connectivity index (χ1n) is 11.9. The Kier molecular flexibility index (Phi) is 7.30. The summed E-state index contributed by atoms with van der Waals surface area (Å²) in [5.74, 6) is -1.06. The molecule has 0 aliphatic carbocycles. The lowest BCUT2D eigenvalue weighted by molar-refractivity contribution is -0.130. The Morgan fingerprint density at radius 2 is 1.74 bits per heavy atom. The molecule has 0 saturated carbocycles. The largest absolute Gasteiger partial charge is 0.340 e. The van der Waals surface area contributed by atoms with Crippen LogP contribution in [0.2, 0.25) is 10.0 Å². The van der Waals surface area contributed by atoms with Crippen LogP contribution in [0.15, 0.2) is 52.1 Å². The molecular formula is C25H23BrCl2FN5O4S. The predicted octanol–water partition coefficient (Wildman–Crippen LogP) is 4.58. The van der Waals surface area contributed by atoms with E-state index in [1.165, 1.54) is 57.2 Å². The highest BCUT2D eigenvalue weighted by Crippen LogP contribution is 2.45. The lowest BCUT2D eigenvalue weighted by atomic mass is 9.92. The summed E-state index contributed by atoms with van der Waals surface area (Å²) in [5, 5.41) is 0.379. The fourth-order valence-corrected chi connectivity index (χ4v) is 7.41. The minimum Gasteiger partial charge on any atom is -0.340 e. The summed E-state index contributed by atoms with van der Waals surface area (Å²) in [5.41, 5.74) is -0.700. The quantitative estimate of drug-likeness (QED) is 0.400. The molecule has 0 spiro atoms. The number of amides is 2. The number of fused-ring (bicyclic) bond motifs is 1. The first-order valence-corrected chi connectivity index (χ1v) is 14.9. The highest BCUT2D eigenvalue weighted by Gasteiger charge is 2.52. The Bertz CT molecular complexity index is 1590. The third-order valence-electron chi connectivity index (χ3n) is 6.99. The first-order chi connectivity index (χ1) is 18.3. The number of benzene rings is 2. The minimum atomic E-state index is -4.13. The summed E-state index contributed by atoms with van der Waals surface area (Å²) in [4.78, 5) is 33.1. The van der Waals surface area contributed by atoms with Crippen molar-refractivity contribution < 1.29 is 22.4 Å². The van der Waals surface area contributed by atoms with Gasteiger partial charge in [0.05, 0.1) is 16.4 Å². The van der Waals surface area contributed by atoms with Gasteiger partial charge >= 0.3 is 0 Å². The monoisotopic (exact) mass is 657 g/mol. The van der Waals surface area contributed by atoms with Crippen molar-refractivity contribution in [2.45, 2.75) is 30.8 Å². The van der Waals surface area contributed by atoms with Crippen LogP contribution in [-0.2, 0) is 31.6 Å². The molecule has 2 aliphatic heterocycles. The molecule has 0 bridgehead atoms. The summed E-state index contributed by atoms with van der Waals surface area (Å²) in [6, 6.07) is 9.07. The average Bonchev–Trinajstić information content (AvgIpc) is 3.39. The maximum absolute atomic E-state index is 14.4. The number of carbonyl (C=O) groups excluding carboxylic acids is 2. The van der Waals surface area contributed by atoms with Crippen molar-refractivity contribution >= 4 is 72.6 Å². The Balaban J connectivity index is 1.63. The zero-order valence-corrected chi connectivity index (χ0v) is 24.8. The minimum absolute atomic E-state index is 0.0230. The molecule has 1 saturated heterocycles. The highest BCUT2D eigenvalue weighted by molar-refractivity contribution is 9.10. The van der Waals surface area contributed by atoms with Crippen molar-refractivity contribution in [3.8, 4) is 0 Å². The van der Waals surface area contributed by atoms with Crippen LogP contribution in [0, 0.1) is 5.82 Å². The second kappa shape index (κ2) is 10.2. The van der Waals surface area contributed by atoms with E-state index in [0.717, 1.165) is 0 Å². The number of sulfonamides is 1. The lowest BCUT2D eigenvalue weighted by Crippen LogP contribution is -2.50. The standard InChI is InChI=1S/C25H23BrCl2FN5O4S/c1-15(35)31-5-7-32(8-6-31)39(37,38)22-14-30-24-33(19-11-17(27)10-18(28)12-19)23(36)25(2,34(22)24)13-16-3-4-20(26)21(29)9-16/h3-4,9-12,14H,5-8,13H2,1-2H3/t25-/m1/s1. The van der Waals surface area contributed by atoms with E-state index in [0.29, 0.717) is 11.3 Å². The maximum Gasteiger partial charge on any atom is 0.260 e. The van der Waals surface area contributed by atoms with Crippen molar-refractivity contribution in [3.05, 3.63) is 68.5 Å². The number of nitrogens with zero attached hydrogens (tertiary/aromatic N) is 5. The summed E-state index contributed by atoms with van der Waals surface area (Å²) in [6.45, 7) is 3.72. The van der Waals surface area contributed by atoms with E-state index in [1.807, 2.05) is 0 Å². The third-order valence-corrected chi connectivity index (χ3v) is 9.94. The van der Waals surface area contributed by atoms with E-state index in [2.05, 4.69) is 20.9 Å². The van der Waals surface area contributed by atoms with E-state index < -0.39 is 27.3 Å². The molecular weight excluding hydrogens is 636 g/mol. The molecule has 3 aromatic rings. The molecule has 14 heteroatoms. The normalized spacial score (nSPS) is 20.0. The fraction of sp³-hybridized carbons (Fsp3) is 0.320. The second-order valence-electron chi connectivity index (χ2n) is 9.61. The van der Waals surface area contributed by atoms with Gasteiger partial charge in [-0.2, -0.15) is 4.31 Å². The summed E-state index contributed by atoms with van der Waals surface area (Å²) >= 11 is 15.6. The van der Waals surface area contributed by atoms with Gasteiger partial charge in [-0.05, 0) is 58.7 Å². The highest BCUT2D eigenvalue weighted by atomic mass is 79.9. The number of anilines is 2. The number of rotatable bonds is 5. The van der Waals surface area contributed by atoms with Crippen LogP contribution in [0.5, 0.6) is 0 Å². The summed E-state index contributed by atoms with van der Waals surface area (Å²) in [6.07, 6.45) is 1.19. The lowest BCUT2D eigenvalue weighted by Gasteiger charge is -2.34. The summed E-state index contributed by atoms with van der Waals surface area (Å²) < 4.78 is 45.2. The molecule has 1 atom stereocenters. The second-order valence-corrected chi connectivity index (χ2v) is 13.2. The molecule has 39 heavy (non-hydrogen) atoms. The van der Waals surface area contributed by atoms with Gasteiger partial charge in [-0.25, -0.2) is 22.7 Å². The van der Waals surface area contributed by atoms with Gasteiger partial charge in [0.2, 0.25) is 11.9 Å². The molecule has 9 nitrogen and oxygen atoms in total. The number of imidazole rings is 1. The zero-order chi connectivity index (χ0) is 28.3. The SMILES string of the molecule is CC(=O)N1CCN(S(=O)(=O)c2cnc3n2[C@](C)(Cc2ccc(Br)c(F)c2)C(=O)N3c2cc(Cl)cc(Cl)c2)CC1. The Morgan fingerprint density at radius 3 is 2.33 bits per heavy atom. The van der Waals surface area contributed by atoms with E-state index in [9.17, 15) is 22.4 Å². The van der Waals surface area contributed by atoms with Crippen molar-refractivity contribution in [1.82, 2.24) is 18.8 Å². The molecule has 206 valence electrons.